The zero-order chi connectivity index (χ0) is 31.0. The number of hydrogen-bond acceptors (Lipinski definition) is 7. The third-order valence-electron chi connectivity index (χ3n) is 6.02. The van der Waals surface area contributed by atoms with Crippen molar-refractivity contribution < 1.29 is 21.4 Å². The van der Waals surface area contributed by atoms with Gasteiger partial charge in [0.05, 0.1) is 22.8 Å². The number of rotatable bonds is 11. The molecule has 0 amide bonds. The van der Waals surface area contributed by atoms with E-state index < -0.39 is 41.5 Å². The molecule has 3 aromatic rings. The molecule has 4 rings (SSSR count). The smallest absolute Gasteiger partial charge is 0.277 e. The first kappa shape index (κ1) is 19.4. The number of hydrogen-bond donors (Lipinski definition) is 2. The number of likely N-dealkylation sites (tertiary alicyclic amines) is 1. The predicted molar refractivity (Wildman–Crippen MR) is 140 cm³/mol. The Bertz CT molecular complexity index is 1610. The van der Waals surface area contributed by atoms with Gasteiger partial charge in [0, 0.05) is 27.8 Å². The van der Waals surface area contributed by atoms with Crippen molar-refractivity contribution >= 4 is 21.1 Å². The zero-order valence-electron chi connectivity index (χ0n) is 26.7. The van der Waals surface area contributed by atoms with E-state index in [9.17, 15) is 13.2 Å². The summed E-state index contributed by atoms with van der Waals surface area (Å²) in [5.74, 6) is 0.224. The van der Waals surface area contributed by atoms with Gasteiger partial charge in [-0.2, -0.15) is 5.10 Å². The minimum Gasteiger partial charge on any atom is -0.493 e. The normalized spacial score (nSPS) is 20.8. The first-order chi connectivity index (χ1) is 19.6. The topological polar surface area (TPSA) is 122 Å². The summed E-state index contributed by atoms with van der Waals surface area (Å²) in [5, 5.41) is 4.21. The number of nitrogens with one attached hydrogen (secondary N) is 2. The van der Waals surface area contributed by atoms with Crippen molar-refractivity contribution in [1.82, 2.24) is 29.4 Å². The second kappa shape index (κ2) is 11.1. The number of H-pyrrole nitrogens is 1. The fourth-order valence-electron chi connectivity index (χ4n) is 4.24. The van der Waals surface area contributed by atoms with E-state index in [4.69, 9.17) is 13.0 Å². The summed E-state index contributed by atoms with van der Waals surface area (Å²) in [6.07, 6.45) is 0.0770. The number of aryl methyl sites for hydroxylation is 2. The molecule has 1 saturated heterocycles. The molecule has 1 fully saturated rings. The fraction of sp³-hybridized carbons (Fsp3) is 0.560. The zero-order valence-corrected chi connectivity index (χ0v) is 21.5. The monoisotopic (exact) mass is 522 g/mol. The van der Waals surface area contributed by atoms with Gasteiger partial charge in [-0.05, 0) is 63.8 Å². The van der Waals surface area contributed by atoms with Crippen LogP contribution in [0.25, 0.3) is 22.4 Å². The number of benzene rings is 1. The molecular formula is C25H36N6O4S. The number of ether oxygens (including phenoxy) is 1. The molecule has 0 saturated carbocycles. The number of nitrogens with zero attached hydrogens (tertiary/aromatic N) is 4. The van der Waals surface area contributed by atoms with Crippen molar-refractivity contribution in [3.8, 4) is 17.1 Å². The third-order valence-corrected chi connectivity index (χ3v) is 7.37. The largest absolute Gasteiger partial charge is 0.493 e. The predicted octanol–water partition coefficient (Wildman–Crippen LogP) is 2.83. The van der Waals surface area contributed by atoms with Crippen LogP contribution in [-0.4, -0.2) is 65.8 Å². The quantitative estimate of drug-likeness (QED) is 0.397. The van der Waals surface area contributed by atoms with Crippen LogP contribution in [0.2, 0.25) is 0 Å². The Morgan fingerprint density at radius 3 is 2.92 bits per heavy atom. The van der Waals surface area contributed by atoms with Crippen molar-refractivity contribution in [2.75, 3.05) is 26.6 Å². The molecule has 1 aliphatic rings. The molecule has 0 spiro atoms. The standard InChI is InChI=1S/C25H36N6O4S/c1-5-8-20-22-23(31(4)29-20)25(32)28-24(27-22)19-16-18(10-11-21(19)35-15-6-2)36(33,34)26-13-12-17-9-7-14-30(17)3/h10-11,16-17,26H,5-9,12-15H2,1-4H3,(H,27,28,32)/i3D3,8D2,13D. The molecule has 1 aromatic carbocycles. The van der Waals surface area contributed by atoms with Crippen molar-refractivity contribution in [3.63, 3.8) is 0 Å². The van der Waals surface area contributed by atoms with Gasteiger partial charge >= 0.3 is 0 Å². The Kier molecular flexibility index (Phi) is 5.97. The van der Waals surface area contributed by atoms with Crippen molar-refractivity contribution in [1.29, 1.82) is 0 Å². The molecular weight excluding hydrogens is 480 g/mol. The highest BCUT2D eigenvalue weighted by Gasteiger charge is 2.23. The van der Waals surface area contributed by atoms with E-state index in [1.807, 2.05) is 6.92 Å². The lowest BCUT2D eigenvalue weighted by Crippen LogP contribution is -2.31. The maximum absolute atomic E-state index is 13.4. The van der Waals surface area contributed by atoms with Crippen LogP contribution in [0.1, 0.15) is 59.9 Å². The number of sulfonamides is 1. The molecule has 11 heteroatoms. The summed E-state index contributed by atoms with van der Waals surface area (Å²) in [7, 11) is -2.74. The van der Waals surface area contributed by atoms with Gasteiger partial charge in [0.15, 0.2) is 5.52 Å². The maximum atomic E-state index is 13.4. The van der Waals surface area contributed by atoms with Crippen LogP contribution in [0.5, 0.6) is 5.75 Å². The van der Waals surface area contributed by atoms with Crippen molar-refractivity contribution in [3.05, 3.63) is 34.2 Å². The van der Waals surface area contributed by atoms with Crippen LogP contribution >= 0.6 is 0 Å². The van der Waals surface area contributed by atoms with Gasteiger partial charge in [-0.3, -0.25) is 9.48 Å². The van der Waals surface area contributed by atoms with Gasteiger partial charge in [0.2, 0.25) is 10.0 Å². The van der Waals surface area contributed by atoms with Gasteiger partial charge in [0.25, 0.3) is 5.56 Å². The Morgan fingerprint density at radius 1 is 1.33 bits per heavy atom. The first-order valence-electron chi connectivity index (χ1n) is 15.1. The Hall–Kier alpha value is -2.76. The second-order valence-corrected chi connectivity index (χ2v) is 10.4. The lowest BCUT2D eigenvalue weighted by molar-refractivity contribution is 0.297. The molecule has 1 aliphatic heterocycles. The number of aromatic amines is 1. The van der Waals surface area contributed by atoms with Gasteiger partial charge in [-0.1, -0.05) is 20.3 Å². The molecule has 10 nitrogen and oxygen atoms in total. The summed E-state index contributed by atoms with van der Waals surface area (Å²) < 4.78 is 84.4. The number of fused-ring (bicyclic) bond motifs is 1. The molecule has 0 aliphatic carbocycles. The molecule has 0 radical (unpaired) electrons. The van der Waals surface area contributed by atoms with Gasteiger partial charge in [-0.25, -0.2) is 18.1 Å². The Balaban J connectivity index is 1.73. The minimum absolute atomic E-state index is 0.00305. The molecule has 3 heterocycles. The molecule has 196 valence electrons. The van der Waals surface area contributed by atoms with Crippen molar-refractivity contribution in [2.24, 2.45) is 7.05 Å². The average Bonchev–Trinajstić information content (AvgIpc) is 3.51. The van der Waals surface area contributed by atoms with E-state index in [0.29, 0.717) is 32.4 Å². The fourth-order valence-corrected chi connectivity index (χ4v) is 5.21. The summed E-state index contributed by atoms with van der Waals surface area (Å²) in [6.45, 7) is 0.590. The van der Waals surface area contributed by atoms with E-state index in [-0.39, 0.29) is 51.6 Å². The van der Waals surface area contributed by atoms with E-state index in [0.717, 1.165) is 0 Å². The molecule has 2 unspecified atom stereocenters. The summed E-state index contributed by atoms with van der Waals surface area (Å²) in [6, 6.07) is 3.57. The number of aromatic nitrogens is 4. The van der Waals surface area contributed by atoms with E-state index >= 15 is 0 Å². The van der Waals surface area contributed by atoms with Crippen LogP contribution < -0.4 is 15.0 Å². The lowest BCUT2D eigenvalue weighted by atomic mass is 10.1. The van der Waals surface area contributed by atoms with Gasteiger partial charge < -0.3 is 14.6 Å². The van der Waals surface area contributed by atoms with Crippen LogP contribution in [0.3, 0.4) is 0 Å². The molecule has 2 aromatic heterocycles. The minimum atomic E-state index is -4.25. The van der Waals surface area contributed by atoms with Crippen molar-refractivity contribution in [2.45, 2.75) is 63.3 Å². The lowest BCUT2D eigenvalue weighted by Gasteiger charge is -2.19. The Morgan fingerprint density at radius 2 is 2.17 bits per heavy atom. The van der Waals surface area contributed by atoms with Crippen LogP contribution in [-0.2, 0) is 23.4 Å². The molecule has 2 N–H and O–H groups in total. The summed E-state index contributed by atoms with van der Waals surface area (Å²) in [4.78, 5) is 21.4. The van der Waals surface area contributed by atoms with Crippen LogP contribution in [0, 0.1) is 0 Å². The Labute approximate surface area is 220 Å². The van der Waals surface area contributed by atoms with Gasteiger partial charge in [-0.15, -0.1) is 0 Å². The first-order valence-corrected chi connectivity index (χ1v) is 13.5. The molecule has 2 atom stereocenters. The van der Waals surface area contributed by atoms with Crippen LogP contribution in [0.15, 0.2) is 27.9 Å². The van der Waals surface area contributed by atoms with Gasteiger partial charge in [0.1, 0.15) is 17.1 Å². The van der Waals surface area contributed by atoms with E-state index in [1.165, 1.54) is 34.8 Å². The third kappa shape index (κ3) is 5.47. The summed E-state index contributed by atoms with van der Waals surface area (Å²) in [5.41, 5.74) is -0.313. The average molecular weight is 523 g/mol. The van der Waals surface area contributed by atoms with Crippen LogP contribution in [0.4, 0.5) is 0 Å². The highest BCUT2D eigenvalue weighted by molar-refractivity contribution is 7.89. The molecule has 0 bridgehead atoms. The highest BCUT2D eigenvalue weighted by atomic mass is 32.2. The summed E-state index contributed by atoms with van der Waals surface area (Å²) >= 11 is 0. The second-order valence-electron chi connectivity index (χ2n) is 8.67. The SMILES string of the molecule is [2H]C(CC1CCCN1C([2H])([2H])[2H])NS(=O)(=O)c1ccc(OCCC)c(-c2nc3c(C([2H])([2H])CC)nn(C)c3c(=O)[nH]2)c1. The van der Waals surface area contributed by atoms with E-state index in [2.05, 4.69) is 19.8 Å². The maximum Gasteiger partial charge on any atom is 0.277 e. The van der Waals surface area contributed by atoms with E-state index in [1.54, 1.807) is 6.92 Å². The molecule has 36 heavy (non-hydrogen) atoms. The highest BCUT2D eigenvalue weighted by Crippen LogP contribution is 2.31.